The molecule has 8 nitrogen and oxygen atoms in total. The summed E-state index contributed by atoms with van der Waals surface area (Å²) in [7, 11) is -2.66. The fraction of sp³-hybridized carbons (Fsp3) is 0.250. The summed E-state index contributed by atoms with van der Waals surface area (Å²) >= 11 is 2.70. The number of sulfonamides is 1. The van der Waals surface area contributed by atoms with E-state index in [4.69, 9.17) is 4.74 Å². The molecule has 12 heteroatoms. The van der Waals surface area contributed by atoms with Crippen molar-refractivity contribution in [2.75, 3.05) is 23.3 Å². The second-order valence-corrected chi connectivity index (χ2v) is 11.4. The zero-order valence-electron chi connectivity index (χ0n) is 17.5. The third kappa shape index (κ3) is 5.96. The van der Waals surface area contributed by atoms with E-state index in [-0.39, 0.29) is 15.7 Å². The molecule has 1 heterocycles. The highest BCUT2D eigenvalue weighted by atomic mass is 32.2. The molecule has 0 spiro atoms. The van der Waals surface area contributed by atoms with Crippen LogP contribution in [0.3, 0.4) is 0 Å². The topological polar surface area (TPSA) is 101 Å². The number of hydrogen-bond donors (Lipinski definition) is 1. The number of thioether (sulfide) groups is 1. The Morgan fingerprint density at radius 2 is 1.81 bits per heavy atom. The highest BCUT2D eigenvalue weighted by Gasteiger charge is 2.28. The van der Waals surface area contributed by atoms with E-state index in [2.05, 4.69) is 15.5 Å². The molecule has 0 radical (unpaired) electrons. The second-order valence-electron chi connectivity index (χ2n) is 6.75. The van der Waals surface area contributed by atoms with Gasteiger partial charge < -0.3 is 4.74 Å². The summed E-state index contributed by atoms with van der Waals surface area (Å²) in [5.41, 5.74) is 0.144. The van der Waals surface area contributed by atoms with Crippen molar-refractivity contribution in [1.29, 1.82) is 0 Å². The second kappa shape index (κ2) is 10.3. The predicted octanol–water partition coefficient (Wildman–Crippen LogP) is 4.02. The zero-order valence-corrected chi connectivity index (χ0v) is 19.9. The van der Waals surface area contributed by atoms with Crippen LogP contribution in [0.4, 0.5) is 15.2 Å². The minimum absolute atomic E-state index is 0.0399. The first-order chi connectivity index (χ1) is 15.2. The lowest BCUT2D eigenvalue weighted by molar-refractivity contribution is -0.114. The van der Waals surface area contributed by atoms with Gasteiger partial charge in [0.15, 0.2) is 4.34 Å². The van der Waals surface area contributed by atoms with Crippen molar-refractivity contribution in [3.05, 3.63) is 54.3 Å². The molecule has 0 atom stereocenters. The summed E-state index contributed by atoms with van der Waals surface area (Å²) in [5.74, 6) is -0.644. The quantitative estimate of drug-likeness (QED) is 0.353. The van der Waals surface area contributed by atoms with Crippen molar-refractivity contribution in [1.82, 2.24) is 10.2 Å². The van der Waals surface area contributed by atoms with Gasteiger partial charge in [-0.15, -0.1) is 10.2 Å². The highest BCUT2D eigenvalue weighted by Crippen LogP contribution is 2.29. The number of nitrogens with zero attached hydrogens (tertiary/aromatic N) is 3. The molecule has 1 amide bonds. The van der Waals surface area contributed by atoms with E-state index in [1.807, 2.05) is 13.8 Å². The lowest BCUT2D eigenvalue weighted by Gasteiger charge is -2.24. The molecule has 0 fully saturated rings. The number of hydrogen-bond acceptors (Lipinski definition) is 8. The monoisotopic (exact) mass is 496 g/mol. The average Bonchev–Trinajstić information content (AvgIpc) is 3.18. The number of halogens is 1. The molecule has 1 aromatic heterocycles. The number of benzene rings is 2. The first kappa shape index (κ1) is 24.0. The zero-order chi connectivity index (χ0) is 23.3. The molecule has 32 heavy (non-hydrogen) atoms. The largest absolute Gasteiger partial charge is 0.497 e. The molecule has 0 saturated carbocycles. The molecule has 0 aliphatic rings. The van der Waals surface area contributed by atoms with Crippen molar-refractivity contribution >= 4 is 49.8 Å². The van der Waals surface area contributed by atoms with Crippen molar-refractivity contribution < 1.29 is 22.3 Å². The van der Waals surface area contributed by atoms with Crippen molar-refractivity contribution in [3.8, 4) is 5.75 Å². The summed E-state index contributed by atoms with van der Waals surface area (Å²) in [6.45, 7) is 3.48. The van der Waals surface area contributed by atoms with Gasteiger partial charge >= 0.3 is 0 Å². The molecule has 1 N–H and O–H groups in total. The van der Waals surface area contributed by atoms with Crippen LogP contribution < -0.4 is 14.4 Å². The fourth-order valence-electron chi connectivity index (χ4n) is 2.60. The van der Waals surface area contributed by atoms with E-state index >= 15 is 0 Å². The molecule has 3 rings (SSSR count). The maximum atomic E-state index is 13.4. The van der Waals surface area contributed by atoms with Gasteiger partial charge in [-0.2, -0.15) is 0 Å². The Hall–Kier alpha value is -2.70. The van der Waals surface area contributed by atoms with E-state index in [0.717, 1.165) is 16.4 Å². The minimum atomic E-state index is -4.13. The molecule has 0 aliphatic heterocycles. The Kier molecular flexibility index (Phi) is 7.69. The molecule has 0 bridgehead atoms. The van der Waals surface area contributed by atoms with Gasteiger partial charge in [0.1, 0.15) is 18.1 Å². The average molecular weight is 497 g/mol. The third-order valence-corrected chi connectivity index (χ3v) is 7.75. The van der Waals surface area contributed by atoms with Crippen LogP contribution in [0.5, 0.6) is 5.75 Å². The Labute approximate surface area is 193 Å². The standard InChI is InChI=1S/C20H21FN4O4S3/c1-13(2)30-20-24-23-19(31-20)22-18(26)12-25(15-6-4-14(21)5-7-15)32(27,28)17-10-8-16(29-3)9-11-17/h4-11,13H,12H2,1-3H3,(H,22,23,26). The number of methoxy groups -OCH3 is 1. The van der Waals surface area contributed by atoms with Gasteiger partial charge in [0.05, 0.1) is 17.7 Å². The first-order valence-electron chi connectivity index (χ1n) is 9.41. The number of anilines is 2. The van der Waals surface area contributed by atoms with Crippen LogP contribution in [0.2, 0.25) is 0 Å². The van der Waals surface area contributed by atoms with Crippen LogP contribution in [0, 0.1) is 5.82 Å². The summed E-state index contributed by atoms with van der Waals surface area (Å²) in [5, 5.41) is 11.1. The lowest BCUT2D eigenvalue weighted by Crippen LogP contribution is -2.38. The number of amides is 1. The molecule has 170 valence electrons. The van der Waals surface area contributed by atoms with E-state index in [1.54, 1.807) is 0 Å². The van der Waals surface area contributed by atoms with Crippen LogP contribution >= 0.6 is 23.1 Å². The Morgan fingerprint density at radius 1 is 1.16 bits per heavy atom. The number of carbonyl (C=O) groups excluding carboxylic acids is 1. The molecule has 0 unspecified atom stereocenters. The van der Waals surface area contributed by atoms with E-state index in [1.165, 1.54) is 66.6 Å². The van der Waals surface area contributed by atoms with E-state index < -0.39 is 28.3 Å². The maximum absolute atomic E-state index is 13.4. The van der Waals surface area contributed by atoms with Crippen LogP contribution in [0.15, 0.2) is 57.8 Å². The molecule has 0 saturated heterocycles. The van der Waals surface area contributed by atoms with Crippen LogP contribution in [-0.2, 0) is 14.8 Å². The van der Waals surface area contributed by atoms with Crippen LogP contribution in [-0.4, -0.2) is 43.4 Å². The first-order valence-corrected chi connectivity index (χ1v) is 12.5. The Bertz CT molecular complexity index is 1170. The normalized spacial score (nSPS) is 11.4. The maximum Gasteiger partial charge on any atom is 0.264 e. The van der Waals surface area contributed by atoms with Gasteiger partial charge in [0.25, 0.3) is 10.0 Å². The fourth-order valence-corrected chi connectivity index (χ4v) is 6.01. The van der Waals surface area contributed by atoms with Gasteiger partial charge in [0.2, 0.25) is 11.0 Å². The van der Waals surface area contributed by atoms with Gasteiger partial charge in [-0.25, -0.2) is 12.8 Å². The number of nitrogens with one attached hydrogen (secondary N) is 1. The van der Waals surface area contributed by atoms with Crippen LogP contribution in [0.1, 0.15) is 13.8 Å². The van der Waals surface area contributed by atoms with Gasteiger partial charge in [-0.1, -0.05) is 36.9 Å². The summed E-state index contributed by atoms with van der Waals surface area (Å²) < 4.78 is 46.7. The number of aromatic nitrogens is 2. The molecular formula is C20H21FN4O4S3. The summed E-state index contributed by atoms with van der Waals surface area (Å²) in [6.07, 6.45) is 0. The Balaban J connectivity index is 1.86. The highest BCUT2D eigenvalue weighted by molar-refractivity contribution is 8.01. The molecule has 3 aromatic rings. The SMILES string of the molecule is COc1ccc(S(=O)(=O)N(CC(=O)Nc2nnc(SC(C)C)s2)c2ccc(F)cc2)cc1. The lowest BCUT2D eigenvalue weighted by atomic mass is 10.3. The molecule has 2 aromatic carbocycles. The van der Waals surface area contributed by atoms with Crippen molar-refractivity contribution in [3.63, 3.8) is 0 Å². The van der Waals surface area contributed by atoms with E-state index in [9.17, 15) is 17.6 Å². The van der Waals surface area contributed by atoms with Gasteiger partial charge in [-0.3, -0.25) is 14.4 Å². The number of carbonyl (C=O) groups is 1. The summed E-state index contributed by atoms with van der Waals surface area (Å²) in [6, 6.07) is 10.6. The number of rotatable bonds is 9. The molecular weight excluding hydrogens is 475 g/mol. The molecule has 0 aliphatic carbocycles. The van der Waals surface area contributed by atoms with Gasteiger partial charge in [0, 0.05) is 5.25 Å². The van der Waals surface area contributed by atoms with E-state index in [0.29, 0.717) is 15.3 Å². The smallest absolute Gasteiger partial charge is 0.264 e. The van der Waals surface area contributed by atoms with Crippen molar-refractivity contribution in [2.24, 2.45) is 0 Å². The predicted molar refractivity (Wildman–Crippen MR) is 123 cm³/mol. The van der Waals surface area contributed by atoms with Crippen LogP contribution in [0.25, 0.3) is 0 Å². The minimum Gasteiger partial charge on any atom is -0.497 e. The van der Waals surface area contributed by atoms with Crippen molar-refractivity contribution in [2.45, 2.75) is 28.3 Å². The Morgan fingerprint density at radius 3 is 2.41 bits per heavy atom. The van der Waals surface area contributed by atoms with Gasteiger partial charge in [-0.05, 0) is 48.5 Å². The third-order valence-electron chi connectivity index (χ3n) is 4.04. The summed E-state index contributed by atoms with van der Waals surface area (Å²) in [4.78, 5) is 12.7. The number of ether oxygens (including phenoxy) is 1.